The summed E-state index contributed by atoms with van der Waals surface area (Å²) in [5, 5.41) is 5.39. The van der Waals surface area contributed by atoms with Gasteiger partial charge < -0.3 is 4.34 Å². The fourth-order valence-electron chi connectivity index (χ4n) is 1.28. The van der Waals surface area contributed by atoms with E-state index in [1.165, 1.54) is 0 Å². The van der Waals surface area contributed by atoms with Crippen LogP contribution in [0.5, 0.6) is 0 Å². The first-order valence-corrected chi connectivity index (χ1v) is 4.40. The number of benzene rings is 1. The molecule has 1 N–H and O–H groups in total. The maximum atomic E-state index is 4.27. The highest BCUT2D eigenvalue weighted by molar-refractivity contribution is 9.10. The number of rotatable bonds is 1. The quantitative estimate of drug-likeness (QED) is 0.756. The van der Waals surface area contributed by atoms with E-state index in [0.717, 1.165) is 16.7 Å². The van der Waals surface area contributed by atoms with E-state index in [9.17, 15) is 0 Å². The third-order valence-corrected chi connectivity index (χ3v) is 2.22. The molecule has 0 aliphatic rings. The number of halogens is 1. The molecule has 0 aliphatic carbocycles. The van der Waals surface area contributed by atoms with E-state index in [4.69, 9.17) is 0 Å². The van der Waals surface area contributed by atoms with Crippen molar-refractivity contribution in [1.29, 1.82) is 0 Å². The maximum Gasteiger partial charge on any atom is 0.165 e. The molecular formula is C8H8BrN3. The van der Waals surface area contributed by atoms with Crippen molar-refractivity contribution in [2.24, 2.45) is 7.05 Å². The van der Waals surface area contributed by atoms with Crippen molar-refractivity contribution in [3.8, 4) is 0 Å². The molecule has 0 saturated heterocycles. The largest absolute Gasteiger partial charge is 0.305 e. The molecule has 2 aromatic rings. The van der Waals surface area contributed by atoms with Crippen molar-refractivity contribution in [2.75, 3.05) is 4.34 Å². The molecule has 0 aliphatic heterocycles. The van der Waals surface area contributed by atoms with E-state index in [2.05, 4.69) is 25.6 Å². The van der Waals surface area contributed by atoms with Crippen LogP contribution < -0.4 is 4.34 Å². The van der Waals surface area contributed by atoms with Crippen molar-refractivity contribution >= 4 is 32.9 Å². The number of nitrogens with zero attached hydrogens (tertiary/aromatic N) is 2. The Hall–Kier alpha value is -1.03. The first kappa shape index (κ1) is 7.61. The van der Waals surface area contributed by atoms with Gasteiger partial charge >= 0.3 is 0 Å². The molecule has 62 valence electrons. The normalized spacial score (nSPS) is 10.5. The van der Waals surface area contributed by atoms with Crippen molar-refractivity contribution in [3.63, 3.8) is 0 Å². The molecule has 3 nitrogen and oxygen atoms in total. The van der Waals surface area contributed by atoms with Gasteiger partial charge in [-0.05, 0) is 12.1 Å². The number of para-hydroxylation sites is 1. The molecule has 1 heterocycles. The van der Waals surface area contributed by atoms with Gasteiger partial charge in [-0.15, -0.1) is 0 Å². The number of anilines is 1. The van der Waals surface area contributed by atoms with Crippen LogP contribution in [0.25, 0.3) is 10.9 Å². The van der Waals surface area contributed by atoms with Gasteiger partial charge in [-0.3, -0.25) is 4.68 Å². The topological polar surface area (TPSA) is 29.9 Å². The number of fused-ring (bicyclic) bond motifs is 1. The van der Waals surface area contributed by atoms with Gasteiger partial charge in [0.1, 0.15) is 0 Å². The van der Waals surface area contributed by atoms with E-state index >= 15 is 0 Å². The zero-order chi connectivity index (χ0) is 8.55. The lowest BCUT2D eigenvalue weighted by molar-refractivity contribution is 0.802. The maximum absolute atomic E-state index is 4.27. The molecule has 0 fully saturated rings. The Kier molecular flexibility index (Phi) is 1.77. The molecule has 1 aromatic heterocycles. The molecule has 2 rings (SSSR count). The van der Waals surface area contributed by atoms with Crippen LogP contribution in [0.1, 0.15) is 0 Å². The van der Waals surface area contributed by atoms with Gasteiger partial charge in [-0.2, -0.15) is 5.10 Å². The second kappa shape index (κ2) is 2.79. The smallest absolute Gasteiger partial charge is 0.165 e. The molecule has 0 unspecified atom stereocenters. The molecule has 4 heteroatoms. The second-order valence-electron chi connectivity index (χ2n) is 2.58. The summed E-state index contributed by atoms with van der Waals surface area (Å²) in [4.78, 5) is 0. The molecule has 0 bridgehead atoms. The Balaban J connectivity index is 2.82. The van der Waals surface area contributed by atoms with Gasteiger partial charge in [0.2, 0.25) is 0 Å². The molecule has 0 amide bonds. The Morgan fingerprint density at radius 1 is 1.42 bits per heavy atom. The van der Waals surface area contributed by atoms with Crippen LogP contribution in [-0.2, 0) is 7.05 Å². The van der Waals surface area contributed by atoms with Gasteiger partial charge in [-0.1, -0.05) is 12.1 Å². The Morgan fingerprint density at radius 2 is 2.17 bits per heavy atom. The van der Waals surface area contributed by atoms with Crippen LogP contribution in [0.15, 0.2) is 24.3 Å². The summed E-state index contributed by atoms with van der Waals surface area (Å²) in [6.07, 6.45) is 0. The fraction of sp³-hybridized carbons (Fsp3) is 0.125. The van der Waals surface area contributed by atoms with Gasteiger partial charge in [0.05, 0.1) is 5.52 Å². The lowest BCUT2D eigenvalue weighted by atomic mass is 10.2. The van der Waals surface area contributed by atoms with E-state index < -0.39 is 0 Å². The van der Waals surface area contributed by atoms with Crippen molar-refractivity contribution < 1.29 is 0 Å². The zero-order valence-electron chi connectivity index (χ0n) is 6.58. The van der Waals surface area contributed by atoms with Crippen LogP contribution in [0.3, 0.4) is 0 Å². The van der Waals surface area contributed by atoms with Gasteiger partial charge in [0.25, 0.3) is 0 Å². The number of aryl methyl sites for hydroxylation is 1. The first-order chi connectivity index (χ1) is 5.83. The lowest BCUT2D eigenvalue weighted by Gasteiger charge is -1.90. The minimum absolute atomic E-state index is 0.855. The summed E-state index contributed by atoms with van der Waals surface area (Å²) in [6, 6.07) is 8.07. The van der Waals surface area contributed by atoms with Gasteiger partial charge in [0, 0.05) is 28.6 Å². The van der Waals surface area contributed by atoms with Gasteiger partial charge in [0.15, 0.2) is 5.82 Å². The summed E-state index contributed by atoms with van der Waals surface area (Å²) in [5.41, 5.74) is 1.12. The number of aromatic nitrogens is 2. The number of nitrogens with one attached hydrogen (secondary N) is 1. The summed E-state index contributed by atoms with van der Waals surface area (Å²) in [5.74, 6) is 0.855. The molecular weight excluding hydrogens is 218 g/mol. The van der Waals surface area contributed by atoms with Gasteiger partial charge in [-0.25, -0.2) is 0 Å². The highest BCUT2D eigenvalue weighted by atomic mass is 79.9. The van der Waals surface area contributed by atoms with E-state index in [1.54, 1.807) is 0 Å². The summed E-state index contributed by atoms with van der Waals surface area (Å²) >= 11 is 3.17. The van der Waals surface area contributed by atoms with E-state index in [-0.39, 0.29) is 0 Å². The van der Waals surface area contributed by atoms with Crippen LogP contribution in [0, 0.1) is 0 Å². The lowest BCUT2D eigenvalue weighted by Crippen LogP contribution is -1.89. The third kappa shape index (κ3) is 0.992. The Morgan fingerprint density at radius 3 is 2.92 bits per heavy atom. The fourth-order valence-corrected chi connectivity index (χ4v) is 1.58. The average Bonchev–Trinajstić information content (AvgIpc) is 2.44. The Labute approximate surface area is 78.7 Å². The minimum Gasteiger partial charge on any atom is -0.305 e. The molecule has 0 spiro atoms. The number of hydrogen-bond donors (Lipinski definition) is 1. The predicted octanol–water partition coefficient (Wildman–Crippen LogP) is 2.30. The van der Waals surface area contributed by atoms with Crippen molar-refractivity contribution in [3.05, 3.63) is 24.3 Å². The SMILES string of the molecule is Cn1nc(NBr)c2ccccc21. The average molecular weight is 226 g/mol. The van der Waals surface area contributed by atoms with Crippen molar-refractivity contribution in [1.82, 2.24) is 9.78 Å². The molecule has 0 saturated carbocycles. The summed E-state index contributed by atoms with van der Waals surface area (Å²) in [6.45, 7) is 0. The molecule has 12 heavy (non-hydrogen) atoms. The molecule has 0 radical (unpaired) electrons. The van der Waals surface area contributed by atoms with Crippen LogP contribution in [0.4, 0.5) is 5.82 Å². The monoisotopic (exact) mass is 225 g/mol. The van der Waals surface area contributed by atoms with E-state index in [0.29, 0.717) is 0 Å². The highest BCUT2D eigenvalue weighted by Gasteiger charge is 2.04. The summed E-state index contributed by atoms with van der Waals surface area (Å²) in [7, 11) is 1.93. The number of hydrogen-bond acceptors (Lipinski definition) is 2. The first-order valence-electron chi connectivity index (χ1n) is 3.61. The summed E-state index contributed by atoms with van der Waals surface area (Å²) < 4.78 is 4.72. The minimum atomic E-state index is 0.855. The van der Waals surface area contributed by atoms with Crippen LogP contribution in [-0.4, -0.2) is 9.78 Å². The standard InChI is InChI=1S/C8H8BrN3/c1-12-7-5-3-2-4-6(7)8(10-9)11-12/h2-5H,1H3,(H,10,11). The predicted molar refractivity (Wildman–Crippen MR) is 53.3 cm³/mol. The third-order valence-electron chi connectivity index (χ3n) is 1.85. The second-order valence-corrected chi connectivity index (χ2v) is 2.98. The highest BCUT2D eigenvalue weighted by Crippen LogP contribution is 2.22. The zero-order valence-corrected chi connectivity index (χ0v) is 8.17. The van der Waals surface area contributed by atoms with Crippen molar-refractivity contribution in [2.45, 2.75) is 0 Å². The van der Waals surface area contributed by atoms with E-state index in [1.807, 2.05) is 36.0 Å². The molecule has 1 aromatic carbocycles. The molecule has 0 atom stereocenters. The van der Waals surface area contributed by atoms with Crippen LogP contribution in [0.2, 0.25) is 0 Å². The Bertz CT molecular complexity index is 408. The van der Waals surface area contributed by atoms with Crippen LogP contribution >= 0.6 is 16.1 Å².